The van der Waals surface area contributed by atoms with Crippen molar-refractivity contribution >= 4 is 0 Å². The first-order valence-electron chi connectivity index (χ1n) is 5.30. The summed E-state index contributed by atoms with van der Waals surface area (Å²) in [7, 11) is 1.31. The number of aliphatic hydroxyl groups excluding tert-OH is 2. The molecule has 0 saturated heterocycles. The molecule has 0 fully saturated rings. The fraction of sp³-hybridized carbons (Fsp3) is 0.455. The van der Waals surface area contributed by atoms with E-state index in [-0.39, 0.29) is 18.7 Å². The van der Waals surface area contributed by atoms with Crippen LogP contribution in [0.5, 0.6) is 5.75 Å². The van der Waals surface area contributed by atoms with Crippen molar-refractivity contribution in [2.24, 2.45) is 5.11 Å². The van der Waals surface area contributed by atoms with Gasteiger partial charge in [-0.1, -0.05) is 11.2 Å². The molecule has 0 saturated carbocycles. The molecule has 0 aliphatic carbocycles. The predicted octanol–water partition coefficient (Wildman–Crippen LogP) is 1.93. The summed E-state index contributed by atoms with van der Waals surface area (Å²) in [6, 6.07) is 3.83. The Morgan fingerprint density at radius 2 is 2.22 bits per heavy atom. The Labute approximate surface area is 103 Å². The number of methoxy groups -OCH3 is 1. The molecule has 0 aliphatic heterocycles. The van der Waals surface area contributed by atoms with Crippen LogP contribution in [-0.2, 0) is 0 Å². The summed E-state index contributed by atoms with van der Waals surface area (Å²) >= 11 is 0. The van der Waals surface area contributed by atoms with Crippen LogP contribution in [0.15, 0.2) is 23.3 Å². The molecular formula is C11H14FN3O3. The first kappa shape index (κ1) is 14.2. The average Bonchev–Trinajstić information content (AvgIpc) is 2.38. The standard InChI is InChI=1S/C11H14FN3O3/c1-18-10-6-7(2-3-8(10)12)11(17)9(16)4-5-14-15-13/h2-3,6,9,11,16-17H,4-5H2,1H3. The summed E-state index contributed by atoms with van der Waals surface area (Å²) in [5.41, 5.74) is 8.42. The Morgan fingerprint density at radius 1 is 1.50 bits per heavy atom. The number of ether oxygens (including phenoxy) is 1. The first-order chi connectivity index (χ1) is 8.60. The molecule has 2 atom stereocenters. The molecule has 1 aromatic carbocycles. The van der Waals surface area contributed by atoms with Gasteiger partial charge in [-0.3, -0.25) is 0 Å². The van der Waals surface area contributed by atoms with Gasteiger partial charge < -0.3 is 14.9 Å². The molecule has 18 heavy (non-hydrogen) atoms. The van der Waals surface area contributed by atoms with Crippen molar-refractivity contribution in [2.45, 2.75) is 18.6 Å². The van der Waals surface area contributed by atoms with Gasteiger partial charge in [-0.2, -0.15) is 0 Å². The lowest BCUT2D eigenvalue weighted by molar-refractivity contribution is 0.0149. The molecule has 2 unspecified atom stereocenters. The second kappa shape index (κ2) is 6.80. The van der Waals surface area contributed by atoms with Gasteiger partial charge in [0.1, 0.15) is 6.10 Å². The van der Waals surface area contributed by atoms with E-state index in [9.17, 15) is 14.6 Å². The van der Waals surface area contributed by atoms with E-state index in [1.807, 2.05) is 0 Å². The van der Waals surface area contributed by atoms with Gasteiger partial charge in [0, 0.05) is 11.5 Å². The summed E-state index contributed by atoms with van der Waals surface area (Å²) in [4.78, 5) is 2.54. The molecule has 0 bridgehead atoms. The fourth-order valence-electron chi connectivity index (χ4n) is 1.48. The zero-order valence-electron chi connectivity index (χ0n) is 9.82. The smallest absolute Gasteiger partial charge is 0.165 e. The molecule has 6 nitrogen and oxygen atoms in total. The van der Waals surface area contributed by atoms with Gasteiger partial charge >= 0.3 is 0 Å². The number of hydrogen-bond donors (Lipinski definition) is 2. The molecule has 1 aromatic rings. The predicted molar refractivity (Wildman–Crippen MR) is 62.5 cm³/mol. The zero-order valence-corrected chi connectivity index (χ0v) is 9.82. The van der Waals surface area contributed by atoms with Crippen LogP contribution in [0.4, 0.5) is 4.39 Å². The molecule has 0 aliphatic rings. The van der Waals surface area contributed by atoms with Crippen molar-refractivity contribution in [1.29, 1.82) is 0 Å². The number of azide groups is 1. The maximum atomic E-state index is 13.2. The summed E-state index contributed by atoms with van der Waals surface area (Å²) in [5, 5.41) is 22.8. The first-order valence-corrected chi connectivity index (χ1v) is 5.30. The largest absolute Gasteiger partial charge is 0.494 e. The zero-order chi connectivity index (χ0) is 13.5. The summed E-state index contributed by atoms with van der Waals surface area (Å²) in [6.45, 7) is 0.0764. The third kappa shape index (κ3) is 3.59. The Kier molecular flexibility index (Phi) is 5.38. The van der Waals surface area contributed by atoms with E-state index in [1.165, 1.54) is 19.2 Å². The number of rotatable bonds is 6. The topological polar surface area (TPSA) is 98.5 Å². The number of nitrogens with zero attached hydrogens (tertiary/aromatic N) is 3. The van der Waals surface area contributed by atoms with E-state index in [2.05, 4.69) is 10.0 Å². The maximum Gasteiger partial charge on any atom is 0.165 e. The quantitative estimate of drug-likeness (QED) is 0.461. The molecule has 0 heterocycles. The van der Waals surface area contributed by atoms with Crippen LogP contribution in [0, 0.1) is 5.82 Å². The second-order valence-electron chi connectivity index (χ2n) is 3.65. The number of hydrogen-bond acceptors (Lipinski definition) is 4. The van der Waals surface area contributed by atoms with Crippen LogP contribution < -0.4 is 4.74 Å². The average molecular weight is 255 g/mol. The van der Waals surface area contributed by atoms with Crippen LogP contribution in [0.1, 0.15) is 18.1 Å². The Morgan fingerprint density at radius 3 is 2.83 bits per heavy atom. The van der Waals surface area contributed by atoms with Gasteiger partial charge in [0.15, 0.2) is 11.6 Å². The Bertz CT molecular complexity index is 449. The third-order valence-electron chi connectivity index (χ3n) is 2.47. The van der Waals surface area contributed by atoms with Gasteiger partial charge in [0.05, 0.1) is 13.2 Å². The van der Waals surface area contributed by atoms with E-state index < -0.39 is 18.0 Å². The normalized spacial score (nSPS) is 13.6. The van der Waals surface area contributed by atoms with Crippen LogP contribution >= 0.6 is 0 Å². The highest BCUT2D eigenvalue weighted by molar-refractivity contribution is 5.31. The third-order valence-corrected chi connectivity index (χ3v) is 2.47. The van der Waals surface area contributed by atoms with E-state index in [0.29, 0.717) is 5.56 Å². The van der Waals surface area contributed by atoms with Crippen molar-refractivity contribution in [3.05, 3.63) is 40.0 Å². The Hall–Kier alpha value is -1.82. The lowest BCUT2D eigenvalue weighted by atomic mass is 10.0. The van der Waals surface area contributed by atoms with Gasteiger partial charge in [-0.25, -0.2) is 4.39 Å². The Balaban J connectivity index is 2.76. The highest BCUT2D eigenvalue weighted by Gasteiger charge is 2.19. The van der Waals surface area contributed by atoms with Crippen molar-refractivity contribution in [1.82, 2.24) is 0 Å². The molecule has 0 radical (unpaired) electrons. The molecule has 98 valence electrons. The fourth-order valence-corrected chi connectivity index (χ4v) is 1.48. The molecule has 7 heteroatoms. The van der Waals surface area contributed by atoms with E-state index in [4.69, 9.17) is 10.3 Å². The maximum absolute atomic E-state index is 13.2. The summed E-state index contributed by atoms with van der Waals surface area (Å²) < 4.78 is 17.9. The number of halogens is 1. The minimum absolute atomic E-state index is 0.00574. The molecule has 1 rings (SSSR count). The number of benzene rings is 1. The van der Waals surface area contributed by atoms with Gasteiger partial charge in [0.2, 0.25) is 0 Å². The lowest BCUT2D eigenvalue weighted by Crippen LogP contribution is -2.19. The highest BCUT2D eigenvalue weighted by Crippen LogP contribution is 2.25. The van der Waals surface area contributed by atoms with Crippen molar-refractivity contribution in [3.63, 3.8) is 0 Å². The van der Waals surface area contributed by atoms with Gasteiger partial charge in [0.25, 0.3) is 0 Å². The van der Waals surface area contributed by atoms with Crippen LogP contribution in [0.2, 0.25) is 0 Å². The molecule has 0 amide bonds. The van der Waals surface area contributed by atoms with Crippen LogP contribution in [0.3, 0.4) is 0 Å². The number of aliphatic hydroxyl groups is 2. The molecule has 2 N–H and O–H groups in total. The molecule has 0 aromatic heterocycles. The van der Waals surface area contributed by atoms with E-state index in [1.54, 1.807) is 0 Å². The minimum atomic E-state index is -1.19. The van der Waals surface area contributed by atoms with Crippen molar-refractivity contribution in [3.8, 4) is 5.75 Å². The van der Waals surface area contributed by atoms with E-state index >= 15 is 0 Å². The summed E-state index contributed by atoms with van der Waals surface area (Å²) in [6.07, 6.45) is -2.16. The highest BCUT2D eigenvalue weighted by atomic mass is 19.1. The lowest BCUT2D eigenvalue weighted by Gasteiger charge is -2.18. The van der Waals surface area contributed by atoms with Crippen molar-refractivity contribution < 1.29 is 19.3 Å². The molecular weight excluding hydrogens is 241 g/mol. The summed E-state index contributed by atoms with van der Waals surface area (Å²) in [5.74, 6) is -0.550. The van der Waals surface area contributed by atoms with Crippen LogP contribution in [0.25, 0.3) is 10.4 Å². The van der Waals surface area contributed by atoms with E-state index in [0.717, 1.165) is 6.07 Å². The van der Waals surface area contributed by atoms with Gasteiger partial charge in [-0.05, 0) is 29.6 Å². The van der Waals surface area contributed by atoms with Crippen LogP contribution in [-0.4, -0.2) is 30.0 Å². The van der Waals surface area contributed by atoms with Crippen molar-refractivity contribution in [2.75, 3.05) is 13.7 Å². The SMILES string of the molecule is COc1cc(C(O)C(O)CCN=[N+]=[N-])ccc1F. The second-order valence-corrected chi connectivity index (χ2v) is 3.65. The minimum Gasteiger partial charge on any atom is -0.494 e. The molecule has 0 spiro atoms. The van der Waals surface area contributed by atoms with Gasteiger partial charge in [-0.15, -0.1) is 0 Å². The monoisotopic (exact) mass is 255 g/mol.